The molecule has 0 aliphatic heterocycles. The Hall–Kier alpha value is -2.82. The highest BCUT2D eigenvalue weighted by Crippen LogP contribution is 2.44. The predicted molar refractivity (Wildman–Crippen MR) is 103 cm³/mol. The number of benzene rings is 2. The molecule has 2 aromatic rings. The number of hydrogen-bond donors (Lipinski definition) is 2. The summed E-state index contributed by atoms with van der Waals surface area (Å²) in [5.41, 5.74) is 4.32. The van der Waals surface area contributed by atoms with Gasteiger partial charge in [-0.1, -0.05) is 19.9 Å². The molecular formula is C21H24N2O3. The molecule has 3 rings (SSSR count). The van der Waals surface area contributed by atoms with Crippen molar-refractivity contribution in [3.05, 3.63) is 53.6 Å². The van der Waals surface area contributed by atoms with E-state index in [1.165, 1.54) is 7.11 Å². The maximum absolute atomic E-state index is 11.9. The lowest BCUT2D eigenvalue weighted by atomic mass is 10.0. The molecule has 0 spiro atoms. The number of amides is 1. The Bertz CT molecular complexity index is 826. The van der Waals surface area contributed by atoms with E-state index in [2.05, 4.69) is 10.6 Å². The molecule has 1 aliphatic carbocycles. The van der Waals surface area contributed by atoms with Gasteiger partial charge < -0.3 is 15.4 Å². The highest BCUT2D eigenvalue weighted by atomic mass is 16.5. The molecule has 26 heavy (non-hydrogen) atoms. The van der Waals surface area contributed by atoms with Crippen molar-refractivity contribution < 1.29 is 14.3 Å². The number of ether oxygens (including phenoxy) is 1. The lowest BCUT2D eigenvalue weighted by Gasteiger charge is -2.14. The molecule has 5 nitrogen and oxygen atoms in total. The van der Waals surface area contributed by atoms with Crippen LogP contribution < -0.4 is 10.6 Å². The molecule has 0 aromatic heterocycles. The molecule has 5 heteroatoms. The summed E-state index contributed by atoms with van der Waals surface area (Å²) in [7, 11) is 1.39. The Morgan fingerprint density at radius 1 is 1.08 bits per heavy atom. The summed E-state index contributed by atoms with van der Waals surface area (Å²) < 4.78 is 4.82. The van der Waals surface area contributed by atoms with E-state index in [-0.39, 0.29) is 17.8 Å². The number of nitrogens with one attached hydrogen (secondary N) is 2. The first-order valence-electron chi connectivity index (χ1n) is 8.88. The van der Waals surface area contributed by atoms with Crippen LogP contribution in [0, 0.1) is 5.92 Å². The first-order chi connectivity index (χ1) is 12.5. The number of carbonyl (C=O) groups is 2. The third-order valence-corrected chi connectivity index (χ3v) is 4.42. The molecule has 2 N–H and O–H groups in total. The number of rotatable bonds is 6. The minimum Gasteiger partial charge on any atom is -0.465 e. The van der Waals surface area contributed by atoms with E-state index in [0.29, 0.717) is 11.5 Å². The van der Waals surface area contributed by atoms with Crippen molar-refractivity contribution in [3.8, 4) is 0 Å². The molecule has 0 atom stereocenters. The Kier molecular flexibility index (Phi) is 5.26. The van der Waals surface area contributed by atoms with E-state index >= 15 is 0 Å². The van der Waals surface area contributed by atoms with Gasteiger partial charge in [0.1, 0.15) is 0 Å². The highest BCUT2D eigenvalue weighted by molar-refractivity contribution is 5.93. The fourth-order valence-corrected chi connectivity index (χ4v) is 2.77. The van der Waals surface area contributed by atoms with Crippen LogP contribution in [-0.4, -0.2) is 19.0 Å². The van der Waals surface area contributed by atoms with Crippen LogP contribution in [0.4, 0.5) is 17.1 Å². The Morgan fingerprint density at radius 2 is 1.81 bits per heavy atom. The van der Waals surface area contributed by atoms with Gasteiger partial charge in [0.25, 0.3) is 0 Å². The molecule has 0 saturated heterocycles. The number of hydrogen-bond acceptors (Lipinski definition) is 4. The van der Waals surface area contributed by atoms with Crippen molar-refractivity contribution in [1.82, 2.24) is 0 Å². The molecule has 2 aromatic carbocycles. The summed E-state index contributed by atoms with van der Waals surface area (Å²) in [6.07, 6.45) is 2.26. The van der Waals surface area contributed by atoms with Gasteiger partial charge >= 0.3 is 5.97 Å². The van der Waals surface area contributed by atoms with Crippen LogP contribution in [0.25, 0.3) is 0 Å². The van der Waals surface area contributed by atoms with Crippen molar-refractivity contribution in [2.45, 2.75) is 32.6 Å². The zero-order valence-electron chi connectivity index (χ0n) is 15.3. The monoisotopic (exact) mass is 352 g/mol. The maximum atomic E-state index is 11.9. The second kappa shape index (κ2) is 7.60. The first-order valence-corrected chi connectivity index (χ1v) is 8.88. The SMILES string of the molecule is COC(=O)c1ccc(Nc2cccc(NC(=O)C(C)C)c2)c(C2CC2)c1. The predicted octanol–water partition coefficient (Wildman–Crippen LogP) is 4.69. The van der Waals surface area contributed by atoms with Crippen molar-refractivity contribution in [3.63, 3.8) is 0 Å². The number of methoxy groups -OCH3 is 1. The summed E-state index contributed by atoms with van der Waals surface area (Å²) in [6.45, 7) is 3.73. The molecule has 1 amide bonds. The van der Waals surface area contributed by atoms with Gasteiger partial charge in [-0.3, -0.25) is 4.79 Å². The lowest BCUT2D eigenvalue weighted by molar-refractivity contribution is -0.118. The van der Waals surface area contributed by atoms with Crippen LogP contribution in [0.2, 0.25) is 0 Å². The van der Waals surface area contributed by atoms with Gasteiger partial charge in [-0.2, -0.15) is 0 Å². The van der Waals surface area contributed by atoms with Gasteiger partial charge in [0.15, 0.2) is 0 Å². The van der Waals surface area contributed by atoms with Gasteiger partial charge in [-0.25, -0.2) is 4.79 Å². The number of anilines is 3. The smallest absolute Gasteiger partial charge is 0.337 e. The Balaban J connectivity index is 1.82. The summed E-state index contributed by atoms with van der Waals surface area (Å²) in [5.74, 6) is 0.0741. The topological polar surface area (TPSA) is 67.4 Å². The van der Waals surface area contributed by atoms with Crippen LogP contribution in [0.3, 0.4) is 0 Å². The minimum absolute atomic E-state index is 0.0109. The van der Waals surface area contributed by atoms with Crippen LogP contribution in [0.1, 0.15) is 48.5 Å². The molecule has 0 heterocycles. The standard InChI is InChI=1S/C21H24N2O3/c1-13(2)20(24)23-17-6-4-5-16(12-17)22-19-10-9-15(21(25)26-3)11-18(19)14-7-8-14/h4-6,9-14,22H,7-8H2,1-3H3,(H,23,24). The fraction of sp³-hybridized carbons (Fsp3) is 0.333. The number of esters is 1. The van der Waals surface area contributed by atoms with E-state index in [9.17, 15) is 9.59 Å². The van der Waals surface area contributed by atoms with Crippen LogP contribution in [0.5, 0.6) is 0 Å². The zero-order chi connectivity index (χ0) is 18.7. The normalized spacial score (nSPS) is 13.4. The third kappa shape index (κ3) is 4.23. The molecule has 0 unspecified atom stereocenters. The van der Waals surface area contributed by atoms with E-state index < -0.39 is 0 Å². The van der Waals surface area contributed by atoms with Crippen molar-refractivity contribution in [2.24, 2.45) is 5.92 Å². The largest absolute Gasteiger partial charge is 0.465 e. The Labute approximate surface area is 153 Å². The molecular weight excluding hydrogens is 328 g/mol. The van der Waals surface area contributed by atoms with Crippen LogP contribution in [-0.2, 0) is 9.53 Å². The fourth-order valence-electron chi connectivity index (χ4n) is 2.77. The Morgan fingerprint density at radius 3 is 2.46 bits per heavy atom. The van der Waals surface area contributed by atoms with Crippen LogP contribution in [0.15, 0.2) is 42.5 Å². The summed E-state index contributed by atoms with van der Waals surface area (Å²) >= 11 is 0. The second-order valence-corrected chi connectivity index (χ2v) is 6.92. The van der Waals surface area contributed by atoms with E-state index in [4.69, 9.17) is 4.74 Å². The quantitative estimate of drug-likeness (QED) is 0.740. The minimum atomic E-state index is -0.322. The van der Waals surface area contributed by atoms with Gasteiger partial charge in [0.2, 0.25) is 5.91 Å². The highest BCUT2D eigenvalue weighted by Gasteiger charge is 2.27. The average molecular weight is 352 g/mol. The average Bonchev–Trinajstić information content (AvgIpc) is 3.46. The van der Waals surface area contributed by atoms with Gasteiger partial charge in [0.05, 0.1) is 12.7 Å². The molecule has 1 fully saturated rings. The van der Waals surface area contributed by atoms with Gasteiger partial charge in [-0.05, 0) is 60.7 Å². The molecule has 1 aliphatic rings. The molecule has 0 radical (unpaired) electrons. The van der Waals surface area contributed by atoms with Crippen molar-refractivity contribution in [1.29, 1.82) is 0 Å². The van der Waals surface area contributed by atoms with Crippen molar-refractivity contribution >= 4 is 28.9 Å². The molecule has 0 bridgehead atoms. The first kappa shape index (κ1) is 18.0. The lowest BCUT2D eigenvalue weighted by Crippen LogP contribution is -2.17. The molecule has 1 saturated carbocycles. The second-order valence-electron chi connectivity index (χ2n) is 6.92. The van der Waals surface area contributed by atoms with E-state index in [1.807, 2.05) is 50.2 Å². The summed E-state index contributed by atoms with van der Waals surface area (Å²) in [4.78, 5) is 23.7. The third-order valence-electron chi connectivity index (χ3n) is 4.42. The van der Waals surface area contributed by atoms with Crippen LogP contribution >= 0.6 is 0 Å². The van der Waals surface area contributed by atoms with E-state index in [1.54, 1.807) is 6.07 Å². The maximum Gasteiger partial charge on any atom is 0.337 e. The van der Waals surface area contributed by atoms with Crippen molar-refractivity contribution in [2.75, 3.05) is 17.7 Å². The van der Waals surface area contributed by atoms with E-state index in [0.717, 1.165) is 35.5 Å². The van der Waals surface area contributed by atoms with Gasteiger partial charge in [0, 0.05) is 23.0 Å². The molecule has 136 valence electrons. The zero-order valence-corrected chi connectivity index (χ0v) is 15.3. The summed E-state index contributed by atoms with van der Waals surface area (Å²) in [5, 5.41) is 6.33. The van der Waals surface area contributed by atoms with Gasteiger partial charge in [-0.15, -0.1) is 0 Å². The number of carbonyl (C=O) groups excluding carboxylic acids is 2. The summed E-state index contributed by atoms with van der Waals surface area (Å²) in [6, 6.07) is 13.2.